The number of carbonyl (C=O) groups is 1. The van der Waals surface area contributed by atoms with Gasteiger partial charge in [-0.2, -0.15) is 0 Å². The van der Waals surface area contributed by atoms with Crippen LogP contribution in [0, 0.1) is 34.5 Å². The molecule has 3 aliphatic carbocycles. The molecule has 2 bridgehead atoms. The lowest BCUT2D eigenvalue weighted by Gasteiger charge is -2.49. The van der Waals surface area contributed by atoms with Crippen LogP contribution in [0.4, 0.5) is 0 Å². The van der Waals surface area contributed by atoms with Gasteiger partial charge in [-0.1, -0.05) is 19.9 Å². The average Bonchev–Trinajstić information content (AvgIpc) is 3.30. The largest absolute Gasteiger partial charge is 0.381 e. The molecule has 0 aromatic heterocycles. The molecule has 1 heterocycles. The highest BCUT2D eigenvalue weighted by Gasteiger charge is 2.72. The molecule has 4 aliphatic rings. The molecule has 1 saturated heterocycles. The third kappa shape index (κ3) is 1.89. The molecule has 0 amide bonds. The van der Waals surface area contributed by atoms with Crippen molar-refractivity contribution < 1.29 is 14.3 Å². The summed E-state index contributed by atoms with van der Waals surface area (Å²) in [6.07, 6.45) is 7.54. The predicted octanol–water partition coefficient (Wildman–Crippen LogP) is 4.01. The molecule has 0 aromatic carbocycles. The topological polar surface area (TPSA) is 38.8 Å². The van der Waals surface area contributed by atoms with E-state index in [0.717, 1.165) is 32.3 Å². The number of hydrogen-bond acceptors (Lipinski definition) is 3. The fourth-order valence-electron chi connectivity index (χ4n) is 6.90. The summed E-state index contributed by atoms with van der Waals surface area (Å²) in [5.41, 5.74) is -0.445. The molecule has 134 valence electrons. The van der Waals surface area contributed by atoms with Crippen molar-refractivity contribution in [2.45, 2.75) is 64.6 Å². The van der Waals surface area contributed by atoms with E-state index in [2.05, 4.69) is 27.4 Å². The summed E-state index contributed by atoms with van der Waals surface area (Å²) in [5, 5.41) is 0. The first kappa shape index (κ1) is 16.8. The normalized spacial score (nSPS) is 56.5. The van der Waals surface area contributed by atoms with Crippen LogP contribution in [-0.4, -0.2) is 31.2 Å². The van der Waals surface area contributed by atoms with Gasteiger partial charge >= 0.3 is 0 Å². The molecule has 0 N–H and O–H groups in total. The molecule has 0 aromatic rings. The van der Waals surface area contributed by atoms with Gasteiger partial charge in [0.15, 0.2) is 0 Å². The maximum atomic E-state index is 13.5. The van der Waals surface area contributed by atoms with E-state index in [1.165, 1.54) is 6.42 Å². The number of hydrogen-bond donors (Lipinski definition) is 0. The minimum Gasteiger partial charge on any atom is -0.381 e. The maximum Gasteiger partial charge on any atom is 0.145 e. The summed E-state index contributed by atoms with van der Waals surface area (Å²) in [5.74, 6) is 1.84. The Kier molecular flexibility index (Phi) is 3.61. The van der Waals surface area contributed by atoms with Crippen LogP contribution in [-0.2, 0) is 14.3 Å². The van der Waals surface area contributed by atoms with Gasteiger partial charge in [0, 0.05) is 24.4 Å². The smallest absolute Gasteiger partial charge is 0.145 e. The third-order valence-corrected chi connectivity index (χ3v) is 8.49. The second kappa shape index (κ2) is 5.17. The van der Waals surface area contributed by atoms with Crippen molar-refractivity contribution in [2.24, 2.45) is 34.5 Å². The Labute approximate surface area is 146 Å². The Morgan fingerprint density at radius 2 is 1.96 bits per heavy atom. The van der Waals surface area contributed by atoms with Crippen molar-refractivity contribution in [1.82, 2.24) is 0 Å². The van der Waals surface area contributed by atoms with E-state index in [1.807, 2.05) is 13.2 Å². The molecular formula is C21H32O3. The molecule has 4 rings (SSSR count). The molecule has 0 radical (unpaired) electrons. The van der Waals surface area contributed by atoms with Crippen molar-refractivity contribution in [3.8, 4) is 0 Å². The quantitative estimate of drug-likeness (QED) is 0.566. The van der Waals surface area contributed by atoms with Crippen molar-refractivity contribution in [1.29, 1.82) is 0 Å². The van der Waals surface area contributed by atoms with Crippen LogP contribution in [0.5, 0.6) is 0 Å². The number of carbonyl (C=O) groups excluding carboxylic acids is 1. The van der Waals surface area contributed by atoms with Gasteiger partial charge in [0.05, 0.1) is 12.7 Å². The average molecular weight is 332 g/mol. The van der Waals surface area contributed by atoms with Gasteiger partial charge in [0.2, 0.25) is 0 Å². The van der Waals surface area contributed by atoms with Crippen LogP contribution < -0.4 is 0 Å². The summed E-state index contributed by atoms with van der Waals surface area (Å²) in [6, 6.07) is 0. The number of rotatable bonds is 2. The highest BCUT2D eigenvalue weighted by molar-refractivity contribution is 5.89. The zero-order valence-corrected chi connectivity index (χ0v) is 15.6. The zero-order valence-electron chi connectivity index (χ0n) is 15.6. The van der Waals surface area contributed by atoms with Gasteiger partial charge in [-0.3, -0.25) is 4.79 Å². The lowest BCUT2D eigenvalue weighted by molar-refractivity contribution is -0.142. The van der Waals surface area contributed by atoms with E-state index < -0.39 is 5.41 Å². The van der Waals surface area contributed by atoms with Crippen LogP contribution in [0.25, 0.3) is 0 Å². The van der Waals surface area contributed by atoms with Crippen LogP contribution in [0.3, 0.4) is 0 Å². The second-order valence-corrected chi connectivity index (χ2v) is 9.30. The minimum atomic E-state index is -0.426. The van der Waals surface area contributed by atoms with Gasteiger partial charge in [-0.05, 0) is 56.3 Å². The van der Waals surface area contributed by atoms with Crippen molar-refractivity contribution in [2.75, 3.05) is 13.7 Å². The first-order valence-corrected chi connectivity index (χ1v) is 9.69. The van der Waals surface area contributed by atoms with E-state index in [4.69, 9.17) is 9.47 Å². The lowest BCUT2D eigenvalue weighted by Crippen LogP contribution is -2.54. The number of ether oxygens (including phenoxy) is 2. The highest BCUT2D eigenvalue weighted by Crippen LogP contribution is 2.69. The van der Waals surface area contributed by atoms with Gasteiger partial charge in [0.25, 0.3) is 0 Å². The summed E-state index contributed by atoms with van der Waals surface area (Å²) >= 11 is 0. The number of ketones is 1. The molecule has 24 heavy (non-hydrogen) atoms. The van der Waals surface area contributed by atoms with E-state index in [1.54, 1.807) is 0 Å². The fraction of sp³-hybridized carbons (Fsp3) is 0.857. The zero-order chi connectivity index (χ0) is 17.3. The Morgan fingerprint density at radius 1 is 1.29 bits per heavy atom. The molecule has 3 saturated carbocycles. The summed E-state index contributed by atoms with van der Waals surface area (Å²) in [6.45, 7) is 11.6. The summed E-state index contributed by atoms with van der Waals surface area (Å²) < 4.78 is 12.2. The fourth-order valence-corrected chi connectivity index (χ4v) is 6.90. The first-order chi connectivity index (χ1) is 11.3. The van der Waals surface area contributed by atoms with Gasteiger partial charge in [0.1, 0.15) is 11.4 Å². The van der Waals surface area contributed by atoms with Crippen molar-refractivity contribution in [3.05, 3.63) is 12.7 Å². The SMILES string of the molecule is C=C[C@]1(C)C[C@@H]2[C@H](C)CC[C@]3(CC[C@@H](OC)C3C23CO3)[C@@H](C)C1=O. The van der Waals surface area contributed by atoms with E-state index in [9.17, 15) is 4.79 Å². The van der Waals surface area contributed by atoms with Gasteiger partial charge in [-0.25, -0.2) is 0 Å². The van der Waals surface area contributed by atoms with E-state index >= 15 is 0 Å². The molecular weight excluding hydrogens is 300 g/mol. The Hall–Kier alpha value is -0.670. The molecule has 3 heteroatoms. The van der Waals surface area contributed by atoms with Crippen molar-refractivity contribution >= 4 is 5.78 Å². The number of epoxide rings is 1. The van der Waals surface area contributed by atoms with E-state index in [0.29, 0.717) is 23.5 Å². The Morgan fingerprint density at radius 3 is 2.54 bits per heavy atom. The molecule has 1 aliphatic heterocycles. The third-order valence-electron chi connectivity index (χ3n) is 8.49. The van der Waals surface area contributed by atoms with Crippen LogP contribution in [0.1, 0.15) is 52.9 Å². The minimum absolute atomic E-state index is 0.0436. The maximum absolute atomic E-state index is 13.5. The highest BCUT2D eigenvalue weighted by atomic mass is 16.6. The Balaban J connectivity index is 1.92. The molecule has 1 spiro atoms. The summed E-state index contributed by atoms with van der Waals surface area (Å²) in [4.78, 5) is 13.5. The molecule has 2 unspecified atom stereocenters. The standard InChI is InChI=1S/C21H32O3/c1-6-19(4)11-15-13(2)7-9-20(14(3)18(19)22)10-8-16(23-5)17(20)21(15)12-24-21/h6,13-17H,1,7-12H2,2-5H3/t13-,14+,15-,16-,17?,19-,20+,21?/m1/s1. The summed E-state index contributed by atoms with van der Waals surface area (Å²) in [7, 11) is 1.84. The number of Topliss-reactive ketones (excluding diaryl/α,β-unsaturated/α-hetero) is 1. The van der Waals surface area contributed by atoms with Crippen LogP contribution in [0.15, 0.2) is 12.7 Å². The van der Waals surface area contributed by atoms with Crippen LogP contribution in [0.2, 0.25) is 0 Å². The number of allylic oxidation sites excluding steroid dienone is 1. The molecule has 8 atom stereocenters. The van der Waals surface area contributed by atoms with Crippen molar-refractivity contribution in [3.63, 3.8) is 0 Å². The monoisotopic (exact) mass is 332 g/mol. The van der Waals surface area contributed by atoms with Gasteiger partial charge < -0.3 is 9.47 Å². The first-order valence-electron chi connectivity index (χ1n) is 9.69. The second-order valence-electron chi connectivity index (χ2n) is 9.30. The lowest BCUT2D eigenvalue weighted by atomic mass is 9.54. The van der Waals surface area contributed by atoms with E-state index in [-0.39, 0.29) is 23.0 Å². The molecule has 3 nitrogen and oxygen atoms in total. The number of methoxy groups -OCH3 is 1. The molecule has 4 fully saturated rings. The van der Waals surface area contributed by atoms with Crippen LogP contribution >= 0.6 is 0 Å². The predicted molar refractivity (Wildman–Crippen MR) is 93.6 cm³/mol. The van der Waals surface area contributed by atoms with Gasteiger partial charge in [-0.15, -0.1) is 6.58 Å². The Bertz CT molecular complexity index is 565.